The lowest BCUT2D eigenvalue weighted by atomic mass is 9.98. The van der Waals surface area contributed by atoms with Gasteiger partial charge in [0.2, 0.25) is 0 Å². The van der Waals surface area contributed by atoms with Gasteiger partial charge in [0.1, 0.15) is 5.82 Å². The van der Waals surface area contributed by atoms with Crippen LogP contribution in [0.3, 0.4) is 0 Å². The first-order valence-corrected chi connectivity index (χ1v) is 7.94. The minimum absolute atomic E-state index is 0.0360. The molecule has 1 fully saturated rings. The Labute approximate surface area is 139 Å². The summed E-state index contributed by atoms with van der Waals surface area (Å²) in [5, 5.41) is 2.82. The molecule has 1 aliphatic heterocycles. The number of benzene rings is 2. The lowest BCUT2D eigenvalue weighted by Gasteiger charge is -2.13. The van der Waals surface area contributed by atoms with E-state index >= 15 is 0 Å². The molecule has 1 N–H and O–H groups in total. The van der Waals surface area contributed by atoms with Gasteiger partial charge in [0.05, 0.1) is 11.7 Å². The summed E-state index contributed by atoms with van der Waals surface area (Å²) in [5.74, 6) is -1.02. The number of ether oxygens (including phenoxy) is 1. The highest BCUT2D eigenvalue weighted by atomic mass is 19.1. The van der Waals surface area contributed by atoms with Crippen LogP contribution >= 0.6 is 0 Å². The Hall–Kier alpha value is -2.53. The van der Waals surface area contributed by atoms with E-state index in [-0.39, 0.29) is 17.8 Å². The molecule has 0 spiro atoms. The summed E-state index contributed by atoms with van der Waals surface area (Å²) >= 11 is 0. The van der Waals surface area contributed by atoms with Crippen LogP contribution in [0.2, 0.25) is 0 Å². The van der Waals surface area contributed by atoms with Crippen molar-refractivity contribution in [3.63, 3.8) is 0 Å². The number of amides is 1. The Morgan fingerprint density at radius 3 is 2.46 bits per heavy atom. The molecule has 1 amide bonds. The molecular formula is C19H18FNO3. The summed E-state index contributed by atoms with van der Waals surface area (Å²) in [7, 11) is 0. The van der Waals surface area contributed by atoms with Gasteiger partial charge in [-0.1, -0.05) is 18.2 Å². The molecule has 124 valence electrons. The molecule has 0 aliphatic carbocycles. The summed E-state index contributed by atoms with van der Waals surface area (Å²) in [4.78, 5) is 25.0. The zero-order valence-corrected chi connectivity index (χ0v) is 13.1. The number of ketones is 1. The number of halogens is 1. The Kier molecular flexibility index (Phi) is 5.01. The maximum Gasteiger partial charge on any atom is 0.252 e. The van der Waals surface area contributed by atoms with Gasteiger partial charge in [0.15, 0.2) is 5.78 Å². The Morgan fingerprint density at radius 1 is 1.08 bits per heavy atom. The van der Waals surface area contributed by atoms with Gasteiger partial charge in [0, 0.05) is 24.3 Å². The quantitative estimate of drug-likeness (QED) is 0.859. The molecule has 0 bridgehead atoms. The van der Waals surface area contributed by atoms with Crippen molar-refractivity contribution >= 4 is 11.7 Å². The number of hydrogen-bond donors (Lipinski definition) is 1. The highest BCUT2D eigenvalue weighted by Crippen LogP contribution is 2.16. The maximum absolute atomic E-state index is 13.0. The monoisotopic (exact) mass is 327 g/mol. The van der Waals surface area contributed by atoms with Gasteiger partial charge in [0.25, 0.3) is 5.91 Å². The van der Waals surface area contributed by atoms with Crippen LogP contribution in [-0.2, 0) is 4.74 Å². The number of rotatable bonds is 5. The Bertz CT molecular complexity index is 737. The van der Waals surface area contributed by atoms with Crippen LogP contribution in [-0.4, -0.2) is 30.9 Å². The van der Waals surface area contributed by atoms with Crippen molar-refractivity contribution in [1.82, 2.24) is 5.32 Å². The van der Waals surface area contributed by atoms with E-state index in [1.807, 2.05) is 0 Å². The molecule has 0 radical (unpaired) electrons. The largest absolute Gasteiger partial charge is 0.376 e. The second-order valence-corrected chi connectivity index (χ2v) is 5.73. The van der Waals surface area contributed by atoms with Crippen molar-refractivity contribution in [1.29, 1.82) is 0 Å². The van der Waals surface area contributed by atoms with Crippen LogP contribution in [0.25, 0.3) is 0 Å². The van der Waals surface area contributed by atoms with E-state index in [9.17, 15) is 14.0 Å². The van der Waals surface area contributed by atoms with Gasteiger partial charge >= 0.3 is 0 Å². The highest BCUT2D eigenvalue weighted by molar-refractivity contribution is 6.15. The van der Waals surface area contributed by atoms with Gasteiger partial charge in [-0.2, -0.15) is 0 Å². The molecule has 1 aliphatic rings. The fourth-order valence-corrected chi connectivity index (χ4v) is 2.74. The second kappa shape index (κ2) is 7.36. The SMILES string of the molecule is O=C(NCC1CCCO1)c1ccccc1C(=O)c1ccc(F)cc1. The fraction of sp³-hybridized carbons (Fsp3) is 0.263. The molecule has 2 aromatic rings. The summed E-state index contributed by atoms with van der Waals surface area (Å²) in [6, 6.07) is 11.9. The Morgan fingerprint density at radius 2 is 1.79 bits per heavy atom. The van der Waals surface area contributed by atoms with Gasteiger partial charge in [-0.3, -0.25) is 9.59 Å². The van der Waals surface area contributed by atoms with Crippen LogP contribution in [0.4, 0.5) is 4.39 Å². The van der Waals surface area contributed by atoms with Gasteiger partial charge < -0.3 is 10.1 Å². The van der Waals surface area contributed by atoms with E-state index in [1.165, 1.54) is 24.3 Å². The minimum Gasteiger partial charge on any atom is -0.376 e. The lowest BCUT2D eigenvalue weighted by molar-refractivity contribution is 0.0853. The van der Waals surface area contributed by atoms with E-state index < -0.39 is 5.82 Å². The van der Waals surface area contributed by atoms with Gasteiger partial charge in [-0.05, 0) is 43.2 Å². The molecule has 1 atom stereocenters. The van der Waals surface area contributed by atoms with Crippen molar-refractivity contribution in [3.05, 3.63) is 71.0 Å². The fourth-order valence-electron chi connectivity index (χ4n) is 2.74. The first kappa shape index (κ1) is 16.3. The highest BCUT2D eigenvalue weighted by Gasteiger charge is 2.20. The third kappa shape index (κ3) is 3.68. The van der Waals surface area contributed by atoms with E-state index in [1.54, 1.807) is 24.3 Å². The predicted octanol–water partition coefficient (Wildman–Crippen LogP) is 2.97. The zero-order chi connectivity index (χ0) is 16.9. The van der Waals surface area contributed by atoms with E-state index in [0.29, 0.717) is 23.2 Å². The van der Waals surface area contributed by atoms with Crippen LogP contribution in [0.1, 0.15) is 39.1 Å². The number of carbonyl (C=O) groups excluding carboxylic acids is 2. The maximum atomic E-state index is 13.0. The molecule has 0 saturated carbocycles. The van der Waals surface area contributed by atoms with Crippen LogP contribution in [0, 0.1) is 5.82 Å². The normalized spacial score (nSPS) is 16.8. The van der Waals surface area contributed by atoms with Crippen molar-refractivity contribution in [2.24, 2.45) is 0 Å². The standard InChI is InChI=1S/C19H18FNO3/c20-14-9-7-13(8-10-14)18(22)16-5-1-2-6-17(16)19(23)21-12-15-4-3-11-24-15/h1-2,5-10,15H,3-4,11-12H2,(H,21,23). The first-order valence-electron chi connectivity index (χ1n) is 7.94. The van der Waals surface area contributed by atoms with Gasteiger partial charge in [-0.15, -0.1) is 0 Å². The molecule has 1 saturated heterocycles. The van der Waals surface area contributed by atoms with Crippen molar-refractivity contribution in [3.8, 4) is 0 Å². The molecular weight excluding hydrogens is 309 g/mol. The number of nitrogens with one attached hydrogen (secondary N) is 1. The topological polar surface area (TPSA) is 55.4 Å². The predicted molar refractivity (Wildman–Crippen MR) is 87.6 cm³/mol. The van der Waals surface area contributed by atoms with E-state index in [0.717, 1.165) is 19.4 Å². The van der Waals surface area contributed by atoms with Crippen LogP contribution < -0.4 is 5.32 Å². The molecule has 2 aromatic carbocycles. The second-order valence-electron chi connectivity index (χ2n) is 5.73. The summed E-state index contributed by atoms with van der Waals surface area (Å²) in [6.07, 6.45) is 1.96. The average molecular weight is 327 g/mol. The molecule has 4 nitrogen and oxygen atoms in total. The third-order valence-electron chi connectivity index (χ3n) is 4.04. The van der Waals surface area contributed by atoms with Gasteiger partial charge in [-0.25, -0.2) is 4.39 Å². The molecule has 1 heterocycles. The minimum atomic E-state index is -0.408. The average Bonchev–Trinajstić information content (AvgIpc) is 3.13. The summed E-state index contributed by atoms with van der Waals surface area (Å²) < 4.78 is 18.5. The van der Waals surface area contributed by atoms with Crippen LogP contribution in [0.15, 0.2) is 48.5 Å². The molecule has 5 heteroatoms. The third-order valence-corrected chi connectivity index (χ3v) is 4.04. The number of carbonyl (C=O) groups is 2. The molecule has 1 unspecified atom stereocenters. The van der Waals surface area contributed by atoms with Crippen molar-refractivity contribution in [2.45, 2.75) is 18.9 Å². The zero-order valence-electron chi connectivity index (χ0n) is 13.1. The lowest BCUT2D eigenvalue weighted by Crippen LogP contribution is -2.32. The van der Waals surface area contributed by atoms with Crippen LogP contribution in [0.5, 0.6) is 0 Å². The van der Waals surface area contributed by atoms with Crippen molar-refractivity contribution < 1.29 is 18.7 Å². The molecule has 3 rings (SSSR count). The van der Waals surface area contributed by atoms with E-state index in [4.69, 9.17) is 4.74 Å². The number of hydrogen-bond acceptors (Lipinski definition) is 3. The molecule has 0 aromatic heterocycles. The summed E-state index contributed by atoms with van der Waals surface area (Å²) in [5.41, 5.74) is 0.953. The smallest absolute Gasteiger partial charge is 0.252 e. The molecule has 24 heavy (non-hydrogen) atoms. The first-order chi connectivity index (χ1) is 11.6. The Balaban J connectivity index is 1.77. The van der Waals surface area contributed by atoms with E-state index in [2.05, 4.69) is 5.32 Å². The van der Waals surface area contributed by atoms with Crippen molar-refractivity contribution in [2.75, 3.05) is 13.2 Å². The summed E-state index contributed by atoms with van der Waals surface area (Å²) in [6.45, 7) is 1.15.